The summed E-state index contributed by atoms with van der Waals surface area (Å²) in [5.74, 6) is -3.05. The number of aliphatic carboxylic acids is 1. The average molecular weight is 589 g/mol. The maximum Gasteiger partial charge on any atom is 0.334 e. The molecule has 42 heavy (non-hydrogen) atoms. The molecule has 1 unspecified atom stereocenters. The van der Waals surface area contributed by atoms with Crippen molar-refractivity contribution >= 4 is 29.7 Å². The second-order valence-corrected chi connectivity index (χ2v) is 13.7. The van der Waals surface area contributed by atoms with Crippen LogP contribution < -0.4 is 11.1 Å². The fraction of sp³-hybridized carbons (Fsp3) is 0.767. The number of primary amides is 1. The third-order valence-corrected chi connectivity index (χ3v) is 11.5. The predicted octanol–water partition coefficient (Wildman–Crippen LogP) is 1.39. The predicted molar refractivity (Wildman–Crippen MR) is 143 cm³/mol. The van der Waals surface area contributed by atoms with Crippen molar-refractivity contribution in [1.29, 1.82) is 0 Å². The Labute approximate surface area is 244 Å². The Hall–Kier alpha value is -2.99. The van der Waals surface area contributed by atoms with Gasteiger partial charge in [-0.05, 0) is 50.0 Å². The normalized spacial score (nSPS) is 41.3. The highest BCUT2D eigenvalue weighted by Gasteiger charge is 2.92. The monoisotopic (exact) mass is 588 g/mol. The molecule has 0 aromatic carbocycles. The van der Waals surface area contributed by atoms with Gasteiger partial charge in [0.15, 0.2) is 0 Å². The van der Waals surface area contributed by atoms with Gasteiger partial charge in [-0.25, -0.2) is 9.59 Å². The van der Waals surface area contributed by atoms with Gasteiger partial charge in [0.25, 0.3) is 0 Å². The van der Waals surface area contributed by atoms with E-state index in [0.717, 1.165) is 24.0 Å². The molecule has 9 atom stereocenters. The fourth-order valence-corrected chi connectivity index (χ4v) is 9.22. The Balaban J connectivity index is 1.20. The van der Waals surface area contributed by atoms with Crippen molar-refractivity contribution in [2.45, 2.75) is 102 Å². The first kappa shape index (κ1) is 29.1. The van der Waals surface area contributed by atoms with E-state index < -0.39 is 47.1 Å². The smallest absolute Gasteiger partial charge is 0.334 e. The second kappa shape index (κ2) is 9.51. The maximum absolute atomic E-state index is 13.3. The van der Waals surface area contributed by atoms with Crippen molar-refractivity contribution in [2.75, 3.05) is 13.2 Å². The summed E-state index contributed by atoms with van der Waals surface area (Å²) >= 11 is 0. The van der Waals surface area contributed by atoms with Gasteiger partial charge in [-0.1, -0.05) is 20.8 Å². The molecule has 0 radical (unpaired) electrons. The van der Waals surface area contributed by atoms with Crippen LogP contribution in [-0.2, 0) is 42.9 Å². The first-order valence-electron chi connectivity index (χ1n) is 14.9. The molecule has 6 aliphatic rings. The molecule has 6 rings (SSSR count). The molecular weight excluding hydrogens is 548 g/mol. The largest absolute Gasteiger partial charge is 0.480 e. The summed E-state index contributed by atoms with van der Waals surface area (Å²) in [6.07, 6.45) is 0.708. The number of rotatable bonds is 10. The number of epoxide rings is 1. The van der Waals surface area contributed by atoms with E-state index in [4.69, 9.17) is 24.7 Å². The number of carbonyl (C=O) groups is 5. The lowest BCUT2D eigenvalue weighted by Gasteiger charge is -2.61. The number of fused-ring (bicyclic) bond motifs is 4. The SMILES string of the molecule is CC(C)[C@]12C[C@H]1[C@@H]1O[C@@]13[C@@]1(C)CCC4=C(COC4=O)C1CO[C@]3(C)[C@@H]2OC(=O)CCC(=O)N[C@@H](CCC(N)=O)C(=O)O. The molecule has 12 nitrogen and oxygen atoms in total. The number of carboxylic acids is 1. The minimum atomic E-state index is -1.29. The van der Waals surface area contributed by atoms with Crippen LogP contribution in [-0.4, -0.2) is 77.5 Å². The van der Waals surface area contributed by atoms with E-state index >= 15 is 0 Å². The molecule has 1 spiro atoms. The Morgan fingerprint density at radius 1 is 1.17 bits per heavy atom. The molecule has 3 aliphatic carbocycles. The van der Waals surface area contributed by atoms with Crippen LogP contribution >= 0.6 is 0 Å². The molecule has 0 bridgehead atoms. The molecule has 12 heteroatoms. The van der Waals surface area contributed by atoms with Crippen molar-refractivity contribution in [3.05, 3.63) is 11.1 Å². The highest BCUT2D eigenvalue weighted by atomic mass is 16.7. The topological polar surface area (TPSA) is 184 Å². The first-order chi connectivity index (χ1) is 19.7. The van der Waals surface area contributed by atoms with Gasteiger partial charge in [-0.3, -0.25) is 14.4 Å². The Kier molecular flexibility index (Phi) is 6.59. The molecular formula is C30H40N2O10. The summed E-state index contributed by atoms with van der Waals surface area (Å²) in [4.78, 5) is 60.7. The number of nitrogens with one attached hydrogen (secondary N) is 1. The van der Waals surface area contributed by atoms with E-state index in [1.165, 1.54) is 0 Å². The molecule has 2 saturated heterocycles. The van der Waals surface area contributed by atoms with Crippen LogP contribution in [0.25, 0.3) is 0 Å². The van der Waals surface area contributed by atoms with Crippen LogP contribution in [0.15, 0.2) is 11.1 Å². The summed E-state index contributed by atoms with van der Waals surface area (Å²) in [6, 6.07) is -1.28. The van der Waals surface area contributed by atoms with Gasteiger partial charge >= 0.3 is 17.9 Å². The van der Waals surface area contributed by atoms with Crippen molar-refractivity contribution in [1.82, 2.24) is 5.32 Å². The van der Waals surface area contributed by atoms with Gasteiger partial charge in [-0.15, -0.1) is 0 Å². The van der Waals surface area contributed by atoms with Gasteiger partial charge < -0.3 is 35.1 Å². The van der Waals surface area contributed by atoms with Crippen molar-refractivity contribution in [3.63, 3.8) is 0 Å². The highest BCUT2D eigenvalue weighted by Crippen LogP contribution is 2.82. The zero-order valence-corrected chi connectivity index (χ0v) is 24.5. The fourth-order valence-electron chi connectivity index (χ4n) is 9.22. The zero-order valence-electron chi connectivity index (χ0n) is 24.5. The number of hydrogen-bond donors (Lipinski definition) is 3. The number of hydrogen-bond acceptors (Lipinski definition) is 9. The number of nitrogens with two attached hydrogens (primary N) is 1. The minimum Gasteiger partial charge on any atom is -0.480 e. The third-order valence-electron chi connectivity index (χ3n) is 11.5. The molecule has 3 aliphatic heterocycles. The highest BCUT2D eigenvalue weighted by molar-refractivity contribution is 5.92. The number of carboxylic acid groups (broad SMARTS) is 1. The molecule has 2 saturated carbocycles. The van der Waals surface area contributed by atoms with E-state index in [9.17, 15) is 29.1 Å². The number of carbonyl (C=O) groups excluding carboxylic acids is 4. The summed E-state index contributed by atoms with van der Waals surface area (Å²) in [5, 5.41) is 11.7. The van der Waals surface area contributed by atoms with E-state index in [1.54, 1.807) is 0 Å². The van der Waals surface area contributed by atoms with Gasteiger partial charge in [0.2, 0.25) is 11.8 Å². The number of amides is 2. The van der Waals surface area contributed by atoms with Crippen molar-refractivity contribution in [3.8, 4) is 0 Å². The number of cyclic esters (lactones) is 1. The summed E-state index contributed by atoms with van der Waals surface area (Å²) < 4.78 is 25.2. The van der Waals surface area contributed by atoms with E-state index in [0.29, 0.717) is 13.0 Å². The Morgan fingerprint density at radius 2 is 1.90 bits per heavy atom. The Morgan fingerprint density at radius 3 is 2.57 bits per heavy atom. The van der Waals surface area contributed by atoms with Crippen LogP contribution in [0.1, 0.15) is 72.6 Å². The van der Waals surface area contributed by atoms with Gasteiger partial charge in [0.1, 0.15) is 30.0 Å². The molecule has 0 aromatic rings. The van der Waals surface area contributed by atoms with E-state index in [1.807, 2.05) is 6.92 Å². The van der Waals surface area contributed by atoms with Gasteiger partial charge in [0, 0.05) is 35.2 Å². The Bertz CT molecular complexity index is 1290. The quantitative estimate of drug-likeness (QED) is 0.249. The van der Waals surface area contributed by atoms with Crippen LogP contribution in [0.5, 0.6) is 0 Å². The maximum atomic E-state index is 13.3. The van der Waals surface area contributed by atoms with Crippen LogP contribution in [0.4, 0.5) is 0 Å². The molecule has 2 amide bonds. The lowest BCUT2D eigenvalue weighted by atomic mass is 9.49. The van der Waals surface area contributed by atoms with E-state index in [-0.39, 0.29) is 72.9 Å². The zero-order chi connectivity index (χ0) is 30.4. The molecule has 0 aromatic heterocycles. The van der Waals surface area contributed by atoms with Crippen LogP contribution in [0, 0.1) is 28.6 Å². The summed E-state index contributed by atoms with van der Waals surface area (Å²) in [7, 11) is 0. The van der Waals surface area contributed by atoms with Crippen LogP contribution in [0.3, 0.4) is 0 Å². The first-order valence-corrected chi connectivity index (χ1v) is 14.9. The van der Waals surface area contributed by atoms with Crippen molar-refractivity contribution < 1.29 is 48.0 Å². The molecule has 4 N–H and O–H groups in total. The molecule has 3 heterocycles. The van der Waals surface area contributed by atoms with Crippen molar-refractivity contribution in [2.24, 2.45) is 34.3 Å². The average Bonchev–Trinajstić information content (AvgIpc) is 3.81. The minimum absolute atomic E-state index is 0.0344. The van der Waals surface area contributed by atoms with E-state index in [2.05, 4.69) is 26.1 Å². The lowest BCUT2D eigenvalue weighted by Crippen LogP contribution is -2.73. The standard InChI is InChI=1S/C30H40N2O10/c1-14(2)29-11-17(29)23-30(42-23)27(3)10-9-15-16(12-39-25(15)38)18(27)13-40-28(30,4)26(29)41-22(35)8-7-21(34)32-19(24(36)37)5-6-20(31)33/h14,17-19,23,26H,5-13H2,1-4H3,(H2,31,33)(H,32,34)(H,36,37)/t17-,18?,19-,23-,26-,27-,28+,29+,30+/m0/s1. The third kappa shape index (κ3) is 3.83. The van der Waals surface area contributed by atoms with Gasteiger partial charge in [-0.2, -0.15) is 0 Å². The lowest BCUT2D eigenvalue weighted by molar-refractivity contribution is -0.265. The van der Waals surface area contributed by atoms with Crippen LogP contribution in [0.2, 0.25) is 0 Å². The molecule has 4 fully saturated rings. The summed E-state index contributed by atoms with van der Waals surface area (Å²) in [6.45, 7) is 9.09. The number of esters is 2. The number of ether oxygens (including phenoxy) is 4. The van der Waals surface area contributed by atoms with Gasteiger partial charge in [0.05, 0.1) is 19.1 Å². The molecule has 230 valence electrons. The summed E-state index contributed by atoms with van der Waals surface area (Å²) in [5.41, 5.74) is 4.57. The second-order valence-electron chi connectivity index (χ2n) is 13.7.